The first kappa shape index (κ1) is 13.4. The van der Waals surface area contributed by atoms with Gasteiger partial charge in [-0.25, -0.2) is 0 Å². The summed E-state index contributed by atoms with van der Waals surface area (Å²) in [6.45, 7) is 8.77. The molecule has 0 aromatic heterocycles. The number of allylic oxidation sites excluding steroid dienone is 1. The minimum absolute atomic E-state index is 0.225. The van der Waals surface area contributed by atoms with E-state index in [0.29, 0.717) is 0 Å². The van der Waals surface area contributed by atoms with Gasteiger partial charge in [-0.2, -0.15) is 0 Å². The van der Waals surface area contributed by atoms with Crippen molar-refractivity contribution in [1.82, 2.24) is 0 Å². The van der Waals surface area contributed by atoms with Gasteiger partial charge in [0.2, 0.25) is 0 Å². The summed E-state index contributed by atoms with van der Waals surface area (Å²) in [6.07, 6.45) is 4.74. The number of rotatable bonds is 2. The van der Waals surface area contributed by atoms with Gasteiger partial charge in [0.25, 0.3) is 0 Å². The quantitative estimate of drug-likeness (QED) is 0.781. The van der Waals surface area contributed by atoms with E-state index in [1.165, 1.54) is 22.3 Å². The minimum Gasteiger partial charge on any atom is -0.389 e. The molecule has 2 rings (SSSR count). The molecule has 0 spiro atoms. The molecule has 0 bridgehead atoms. The van der Waals surface area contributed by atoms with Gasteiger partial charge in [0.1, 0.15) is 0 Å². The van der Waals surface area contributed by atoms with E-state index >= 15 is 0 Å². The molecule has 1 aromatic rings. The second-order valence-corrected chi connectivity index (χ2v) is 6.61. The minimum atomic E-state index is -0.269. The molecular weight excluding hydrogens is 220 g/mol. The van der Waals surface area contributed by atoms with Crippen molar-refractivity contribution in [3.63, 3.8) is 0 Å². The smallest absolute Gasteiger partial charge is 0.0728 e. The number of aliphatic hydroxyl groups is 1. The number of aliphatic hydroxyl groups excluding tert-OH is 1. The molecule has 1 atom stereocenters. The lowest BCUT2D eigenvalue weighted by Crippen LogP contribution is -2.25. The topological polar surface area (TPSA) is 20.2 Å². The first-order valence-corrected chi connectivity index (χ1v) is 6.79. The third kappa shape index (κ3) is 3.46. The van der Waals surface area contributed by atoms with Crippen LogP contribution in [0.4, 0.5) is 0 Å². The molecule has 18 heavy (non-hydrogen) atoms. The highest BCUT2D eigenvalue weighted by Gasteiger charge is 2.27. The molecule has 0 radical (unpaired) electrons. The Morgan fingerprint density at radius 3 is 2.33 bits per heavy atom. The number of hydrogen-bond donors (Lipinski definition) is 1. The van der Waals surface area contributed by atoms with E-state index in [2.05, 4.69) is 52.0 Å². The zero-order chi connectivity index (χ0) is 13.3. The van der Waals surface area contributed by atoms with Crippen LogP contribution >= 0.6 is 0 Å². The summed E-state index contributed by atoms with van der Waals surface area (Å²) in [6, 6.07) is 6.71. The van der Waals surface area contributed by atoms with Gasteiger partial charge in [-0.05, 0) is 44.1 Å². The fraction of sp³-hybridized carbons (Fsp3) is 0.529. The molecule has 1 nitrogen and oxygen atoms in total. The zero-order valence-electron chi connectivity index (χ0n) is 12.0. The average Bonchev–Trinajstić information content (AvgIpc) is 2.10. The third-order valence-corrected chi connectivity index (χ3v) is 3.61. The van der Waals surface area contributed by atoms with Crippen LogP contribution in [0.15, 0.2) is 29.8 Å². The third-order valence-electron chi connectivity index (χ3n) is 3.61. The molecule has 1 aliphatic rings. The summed E-state index contributed by atoms with van der Waals surface area (Å²) in [4.78, 5) is 0. The van der Waals surface area contributed by atoms with E-state index < -0.39 is 0 Å². The molecule has 1 aromatic carbocycles. The second-order valence-electron chi connectivity index (χ2n) is 6.61. The monoisotopic (exact) mass is 244 g/mol. The highest BCUT2D eigenvalue weighted by molar-refractivity contribution is 5.32. The lowest BCUT2D eigenvalue weighted by molar-refractivity contribution is 0.138. The van der Waals surface area contributed by atoms with Gasteiger partial charge < -0.3 is 5.11 Å². The van der Waals surface area contributed by atoms with E-state index in [1.54, 1.807) is 0 Å². The van der Waals surface area contributed by atoms with Gasteiger partial charge in [-0.15, -0.1) is 0 Å². The molecular formula is C17H24O. The number of hydrogen-bond acceptors (Lipinski definition) is 1. The molecule has 1 aliphatic carbocycles. The van der Waals surface area contributed by atoms with Crippen molar-refractivity contribution in [2.24, 2.45) is 5.41 Å². The fourth-order valence-electron chi connectivity index (χ4n) is 3.20. The molecule has 0 saturated heterocycles. The van der Waals surface area contributed by atoms with E-state index in [-0.39, 0.29) is 11.5 Å². The van der Waals surface area contributed by atoms with Gasteiger partial charge in [0.05, 0.1) is 6.10 Å². The summed E-state index contributed by atoms with van der Waals surface area (Å²) < 4.78 is 0. The molecule has 98 valence electrons. The molecule has 0 aliphatic heterocycles. The molecule has 0 heterocycles. The van der Waals surface area contributed by atoms with Crippen LogP contribution in [-0.2, 0) is 6.42 Å². The van der Waals surface area contributed by atoms with Crippen LogP contribution in [0.3, 0.4) is 0 Å². The Morgan fingerprint density at radius 1 is 1.17 bits per heavy atom. The number of aryl methyl sites for hydroxylation is 2. The van der Waals surface area contributed by atoms with E-state index in [4.69, 9.17) is 0 Å². The van der Waals surface area contributed by atoms with E-state index in [9.17, 15) is 5.11 Å². The molecule has 1 N–H and O–H groups in total. The first-order chi connectivity index (χ1) is 8.34. The maximum Gasteiger partial charge on any atom is 0.0728 e. The van der Waals surface area contributed by atoms with Crippen molar-refractivity contribution in [3.8, 4) is 0 Å². The van der Waals surface area contributed by atoms with Crippen LogP contribution in [0, 0.1) is 19.3 Å². The molecule has 0 fully saturated rings. The standard InChI is InChI=1S/C17H24O/c1-12-5-13(2)7-14(6-12)8-15-9-16(18)11-17(3,4)10-15/h5-7,9,16,18H,8,10-11H2,1-4H3. The molecule has 1 unspecified atom stereocenters. The second kappa shape index (κ2) is 4.89. The average molecular weight is 244 g/mol. The molecule has 1 heteroatoms. The summed E-state index contributed by atoms with van der Waals surface area (Å²) in [5, 5.41) is 9.93. The van der Waals surface area contributed by atoms with E-state index in [0.717, 1.165) is 19.3 Å². The lowest BCUT2D eigenvalue weighted by Gasteiger charge is -2.32. The van der Waals surface area contributed by atoms with Crippen molar-refractivity contribution in [3.05, 3.63) is 46.5 Å². The fourth-order valence-corrected chi connectivity index (χ4v) is 3.20. The van der Waals surface area contributed by atoms with E-state index in [1.807, 2.05) is 0 Å². The predicted octanol–water partition coefficient (Wildman–Crippen LogP) is 3.95. The maximum absolute atomic E-state index is 9.93. The highest BCUT2D eigenvalue weighted by atomic mass is 16.3. The van der Waals surface area contributed by atoms with Crippen LogP contribution < -0.4 is 0 Å². The first-order valence-electron chi connectivity index (χ1n) is 6.79. The Bertz CT molecular complexity index is 448. The zero-order valence-corrected chi connectivity index (χ0v) is 12.0. The Balaban J connectivity index is 2.18. The van der Waals surface area contributed by atoms with Crippen LogP contribution in [-0.4, -0.2) is 11.2 Å². The summed E-state index contributed by atoms with van der Waals surface area (Å²) in [5.41, 5.74) is 5.61. The highest BCUT2D eigenvalue weighted by Crippen LogP contribution is 2.36. The largest absolute Gasteiger partial charge is 0.389 e. The van der Waals surface area contributed by atoms with Gasteiger partial charge in [-0.1, -0.05) is 54.8 Å². The predicted molar refractivity (Wildman–Crippen MR) is 76.7 cm³/mol. The van der Waals surface area contributed by atoms with Crippen LogP contribution in [0.25, 0.3) is 0 Å². The molecule has 0 amide bonds. The Kier molecular flexibility index (Phi) is 3.63. The Hall–Kier alpha value is -1.08. The Morgan fingerprint density at radius 2 is 1.78 bits per heavy atom. The van der Waals surface area contributed by atoms with Gasteiger partial charge in [-0.3, -0.25) is 0 Å². The van der Waals surface area contributed by atoms with Gasteiger partial charge in [0.15, 0.2) is 0 Å². The summed E-state index contributed by atoms with van der Waals surface area (Å²) >= 11 is 0. The van der Waals surface area contributed by atoms with Crippen molar-refractivity contribution in [1.29, 1.82) is 0 Å². The number of benzene rings is 1. The normalized spacial score (nSPS) is 22.7. The lowest BCUT2D eigenvalue weighted by atomic mass is 9.75. The van der Waals surface area contributed by atoms with Crippen molar-refractivity contribution < 1.29 is 5.11 Å². The van der Waals surface area contributed by atoms with Crippen molar-refractivity contribution in [2.75, 3.05) is 0 Å². The van der Waals surface area contributed by atoms with Gasteiger partial charge >= 0.3 is 0 Å². The van der Waals surface area contributed by atoms with Crippen LogP contribution in [0.2, 0.25) is 0 Å². The van der Waals surface area contributed by atoms with Crippen LogP contribution in [0.5, 0.6) is 0 Å². The van der Waals surface area contributed by atoms with Crippen molar-refractivity contribution in [2.45, 2.75) is 53.1 Å². The van der Waals surface area contributed by atoms with Gasteiger partial charge in [0, 0.05) is 0 Å². The SMILES string of the molecule is Cc1cc(C)cc(CC2=CC(O)CC(C)(C)C2)c1. The summed E-state index contributed by atoms with van der Waals surface area (Å²) in [5.74, 6) is 0. The Labute approximate surface area is 111 Å². The maximum atomic E-state index is 9.93. The van der Waals surface area contributed by atoms with Crippen molar-refractivity contribution >= 4 is 0 Å². The summed E-state index contributed by atoms with van der Waals surface area (Å²) in [7, 11) is 0. The molecule has 0 saturated carbocycles. The van der Waals surface area contributed by atoms with Crippen LogP contribution in [0.1, 0.15) is 43.4 Å².